The fourth-order valence-electron chi connectivity index (χ4n) is 2.28. The van der Waals surface area contributed by atoms with Crippen LogP contribution in [-0.4, -0.2) is 51.1 Å². The second-order valence-corrected chi connectivity index (χ2v) is 6.10. The predicted octanol–water partition coefficient (Wildman–Crippen LogP) is 1.26. The quantitative estimate of drug-likeness (QED) is 0.570. The number of amides is 1. The molecule has 0 aliphatic rings. The van der Waals surface area contributed by atoms with Crippen LogP contribution in [0.25, 0.3) is 17.2 Å². The number of ether oxygens (including phenoxy) is 1. The van der Waals surface area contributed by atoms with Gasteiger partial charge in [-0.1, -0.05) is 0 Å². The van der Waals surface area contributed by atoms with Crippen LogP contribution < -0.4 is 15.8 Å². The molecule has 136 valence electrons. The van der Waals surface area contributed by atoms with Crippen molar-refractivity contribution >= 4 is 17.2 Å². The third-order valence-corrected chi connectivity index (χ3v) is 4.19. The van der Waals surface area contributed by atoms with Gasteiger partial charge >= 0.3 is 0 Å². The van der Waals surface area contributed by atoms with Gasteiger partial charge in [0.2, 0.25) is 5.88 Å². The zero-order chi connectivity index (χ0) is 18.4. The van der Waals surface area contributed by atoms with Gasteiger partial charge in [-0.05, 0) is 31.5 Å². The molecule has 3 heterocycles. The molecule has 0 radical (unpaired) electrons. The van der Waals surface area contributed by atoms with Gasteiger partial charge < -0.3 is 15.8 Å². The molecule has 26 heavy (non-hydrogen) atoms. The molecule has 0 saturated carbocycles. The number of hydrogen-bond donors (Lipinski definition) is 2. The number of thiazole rings is 1. The van der Waals surface area contributed by atoms with Crippen molar-refractivity contribution < 1.29 is 9.53 Å². The molecule has 0 saturated heterocycles. The van der Waals surface area contributed by atoms with Crippen molar-refractivity contribution in [2.45, 2.75) is 12.8 Å². The van der Waals surface area contributed by atoms with Crippen LogP contribution >= 0.6 is 11.3 Å². The maximum absolute atomic E-state index is 12.4. The molecule has 0 aromatic carbocycles. The number of hydrogen-bond acceptors (Lipinski definition) is 8. The first kappa shape index (κ1) is 18.0. The standard InChI is InChI=1S/C16H19N7O2S/c1-25-15-5-4-14(20-21-15)23-13(12-9-26-10-19-12)8-11(22-23)16(24)18-7-3-2-6-17/h4-5,8-10H,2-3,6-7,17H2,1H3,(H,18,24). The highest BCUT2D eigenvalue weighted by Gasteiger charge is 2.18. The van der Waals surface area contributed by atoms with Crippen LogP contribution in [0.3, 0.4) is 0 Å². The van der Waals surface area contributed by atoms with E-state index in [1.165, 1.54) is 18.4 Å². The van der Waals surface area contributed by atoms with Crippen LogP contribution in [0.4, 0.5) is 0 Å². The van der Waals surface area contributed by atoms with Crippen LogP contribution in [0.15, 0.2) is 29.1 Å². The van der Waals surface area contributed by atoms with E-state index in [1.807, 2.05) is 5.38 Å². The summed E-state index contributed by atoms with van der Waals surface area (Å²) in [4.78, 5) is 16.7. The molecule has 0 fully saturated rings. The van der Waals surface area contributed by atoms with Crippen molar-refractivity contribution in [2.24, 2.45) is 5.73 Å². The van der Waals surface area contributed by atoms with Gasteiger partial charge in [-0.3, -0.25) is 4.79 Å². The lowest BCUT2D eigenvalue weighted by Gasteiger charge is -2.04. The van der Waals surface area contributed by atoms with Crippen LogP contribution in [0.2, 0.25) is 0 Å². The highest BCUT2D eigenvalue weighted by molar-refractivity contribution is 7.07. The van der Waals surface area contributed by atoms with E-state index >= 15 is 0 Å². The lowest BCUT2D eigenvalue weighted by molar-refractivity contribution is 0.0947. The van der Waals surface area contributed by atoms with E-state index < -0.39 is 0 Å². The Morgan fingerprint density at radius 2 is 2.23 bits per heavy atom. The topological polar surface area (TPSA) is 121 Å². The molecule has 10 heteroatoms. The van der Waals surface area contributed by atoms with E-state index in [0.29, 0.717) is 41.9 Å². The Hall–Kier alpha value is -2.85. The van der Waals surface area contributed by atoms with Crippen LogP contribution in [0.5, 0.6) is 5.88 Å². The first-order valence-electron chi connectivity index (χ1n) is 8.08. The van der Waals surface area contributed by atoms with Gasteiger partial charge in [-0.25, -0.2) is 9.67 Å². The van der Waals surface area contributed by atoms with E-state index in [4.69, 9.17) is 10.5 Å². The molecule has 1 amide bonds. The number of nitrogens with two attached hydrogens (primary N) is 1. The van der Waals surface area contributed by atoms with Gasteiger partial charge in [-0.15, -0.1) is 21.5 Å². The van der Waals surface area contributed by atoms with E-state index in [1.54, 1.807) is 28.4 Å². The number of nitrogens with one attached hydrogen (secondary N) is 1. The molecular formula is C16H19N7O2S. The zero-order valence-corrected chi connectivity index (χ0v) is 15.1. The first-order chi connectivity index (χ1) is 12.7. The van der Waals surface area contributed by atoms with E-state index in [-0.39, 0.29) is 5.91 Å². The number of rotatable bonds is 8. The average molecular weight is 373 g/mol. The molecule has 0 aliphatic carbocycles. The van der Waals surface area contributed by atoms with Gasteiger partial charge in [0.15, 0.2) is 11.5 Å². The Kier molecular flexibility index (Phi) is 5.87. The van der Waals surface area contributed by atoms with Crippen molar-refractivity contribution in [3.8, 4) is 23.1 Å². The number of unbranched alkanes of at least 4 members (excludes halogenated alkanes) is 1. The minimum atomic E-state index is -0.251. The summed E-state index contributed by atoms with van der Waals surface area (Å²) >= 11 is 1.46. The minimum absolute atomic E-state index is 0.251. The SMILES string of the molecule is COc1ccc(-n2nc(C(=O)NCCCCN)cc2-c2cscn2)nn1. The number of carbonyl (C=O) groups excluding carboxylic acids is 1. The summed E-state index contributed by atoms with van der Waals surface area (Å²) < 4.78 is 6.58. The molecule has 9 nitrogen and oxygen atoms in total. The van der Waals surface area contributed by atoms with Gasteiger partial charge in [-0.2, -0.15) is 5.10 Å². The van der Waals surface area contributed by atoms with Crippen molar-refractivity contribution in [1.29, 1.82) is 0 Å². The van der Waals surface area contributed by atoms with Crippen molar-refractivity contribution in [3.05, 3.63) is 34.8 Å². The fraction of sp³-hybridized carbons (Fsp3) is 0.312. The summed E-state index contributed by atoms with van der Waals surface area (Å²) in [5, 5.41) is 17.2. The summed E-state index contributed by atoms with van der Waals surface area (Å²) in [5.74, 6) is 0.615. The molecule has 3 aromatic rings. The molecule has 3 N–H and O–H groups in total. The predicted molar refractivity (Wildman–Crippen MR) is 97.4 cm³/mol. The maximum Gasteiger partial charge on any atom is 0.271 e. The normalized spacial score (nSPS) is 10.7. The second kappa shape index (κ2) is 8.50. The minimum Gasteiger partial charge on any atom is -0.480 e. The van der Waals surface area contributed by atoms with E-state index in [2.05, 4.69) is 25.6 Å². The monoisotopic (exact) mass is 373 g/mol. The Labute approximate surface area is 154 Å². The molecule has 0 spiro atoms. The van der Waals surface area contributed by atoms with Gasteiger partial charge in [0, 0.05) is 18.0 Å². The second-order valence-electron chi connectivity index (χ2n) is 5.39. The first-order valence-corrected chi connectivity index (χ1v) is 9.02. The largest absolute Gasteiger partial charge is 0.480 e. The average Bonchev–Trinajstić information content (AvgIpc) is 3.34. The van der Waals surface area contributed by atoms with Gasteiger partial charge in [0.05, 0.1) is 24.0 Å². The van der Waals surface area contributed by atoms with Crippen LogP contribution in [0.1, 0.15) is 23.3 Å². The Morgan fingerprint density at radius 1 is 1.35 bits per heavy atom. The molecule has 3 aromatic heterocycles. The van der Waals surface area contributed by atoms with Crippen LogP contribution in [-0.2, 0) is 0 Å². The molecule has 3 rings (SSSR count). The molecule has 0 aliphatic heterocycles. The highest BCUT2D eigenvalue weighted by atomic mass is 32.1. The van der Waals surface area contributed by atoms with Gasteiger partial charge in [0.25, 0.3) is 5.91 Å². The summed E-state index contributed by atoms with van der Waals surface area (Å²) in [6.07, 6.45) is 1.69. The van der Waals surface area contributed by atoms with E-state index in [9.17, 15) is 4.79 Å². The Morgan fingerprint density at radius 3 is 2.88 bits per heavy atom. The van der Waals surface area contributed by atoms with Crippen molar-refractivity contribution in [1.82, 2.24) is 30.3 Å². The number of methoxy groups -OCH3 is 1. The van der Waals surface area contributed by atoms with Crippen molar-refractivity contribution in [3.63, 3.8) is 0 Å². The van der Waals surface area contributed by atoms with Crippen LogP contribution in [0, 0.1) is 0 Å². The lowest BCUT2D eigenvalue weighted by atomic mass is 10.2. The maximum atomic E-state index is 12.4. The molecule has 0 atom stereocenters. The lowest BCUT2D eigenvalue weighted by Crippen LogP contribution is -2.25. The summed E-state index contributed by atoms with van der Waals surface area (Å²) in [7, 11) is 1.52. The smallest absolute Gasteiger partial charge is 0.271 e. The van der Waals surface area contributed by atoms with E-state index in [0.717, 1.165) is 12.8 Å². The highest BCUT2D eigenvalue weighted by Crippen LogP contribution is 2.23. The fourth-order valence-corrected chi connectivity index (χ4v) is 2.83. The summed E-state index contributed by atoms with van der Waals surface area (Å²) in [6, 6.07) is 5.10. The summed E-state index contributed by atoms with van der Waals surface area (Å²) in [6.45, 7) is 1.16. The number of aromatic nitrogens is 5. The number of nitrogens with zero attached hydrogens (tertiary/aromatic N) is 5. The Bertz CT molecular complexity index is 846. The molecule has 0 unspecified atom stereocenters. The zero-order valence-electron chi connectivity index (χ0n) is 14.3. The third kappa shape index (κ3) is 4.03. The number of carbonyl (C=O) groups is 1. The van der Waals surface area contributed by atoms with Crippen molar-refractivity contribution in [2.75, 3.05) is 20.2 Å². The molecular weight excluding hydrogens is 354 g/mol. The third-order valence-electron chi connectivity index (χ3n) is 3.61. The summed E-state index contributed by atoms with van der Waals surface area (Å²) in [5.41, 5.74) is 8.85. The Balaban J connectivity index is 1.89. The van der Waals surface area contributed by atoms with Gasteiger partial charge in [0.1, 0.15) is 0 Å². The molecule has 0 bridgehead atoms.